The topological polar surface area (TPSA) is 103 Å². The number of carbonyl (C=O) groups excluding carboxylic acids is 3. The van der Waals surface area contributed by atoms with Gasteiger partial charge in [-0.05, 0) is 41.2 Å². The molecular formula is C27H27N3O4. The van der Waals surface area contributed by atoms with Gasteiger partial charge in [0.05, 0.1) is 5.92 Å². The first-order chi connectivity index (χ1) is 16.4. The Hall–Kier alpha value is -4.00. The van der Waals surface area contributed by atoms with Crippen molar-refractivity contribution >= 4 is 23.6 Å². The molecule has 7 nitrogen and oxygen atoms in total. The number of hydrogen-bond donors (Lipinski definition) is 1. The lowest BCUT2D eigenvalue weighted by Crippen LogP contribution is -2.67. The van der Waals surface area contributed by atoms with E-state index in [0.717, 1.165) is 21.6 Å². The summed E-state index contributed by atoms with van der Waals surface area (Å²) in [5.74, 6) is -1.80. The molecule has 0 saturated carbocycles. The van der Waals surface area contributed by atoms with Gasteiger partial charge < -0.3 is 10.5 Å². The molecule has 3 atom stereocenters. The zero-order valence-electron chi connectivity index (χ0n) is 19.0. The van der Waals surface area contributed by atoms with Crippen LogP contribution in [0.3, 0.4) is 0 Å². The summed E-state index contributed by atoms with van der Waals surface area (Å²) in [7, 11) is 0. The van der Waals surface area contributed by atoms with Crippen LogP contribution in [0.15, 0.2) is 79.0 Å². The molecule has 3 aromatic rings. The number of esters is 1. The van der Waals surface area contributed by atoms with Crippen molar-refractivity contribution in [2.24, 2.45) is 5.92 Å². The van der Waals surface area contributed by atoms with Crippen LogP contribution in [-0.4, -0.2) is 33.7 Å². The molecular weight excluding hydrogens is 430 g/mol. The SMILES string of the molecule is C[C@@H](CC(=O)N1C(=O)C(Cc2ccnc(N)c2)[C@H]1C(=O)OCc1ccccc1)c1ccccc1. The molecule has 2 heterocycles. The fraction of sp³-hybridized carbons (Fsp3) is 0.259. The number of carbonyl (C=O) groups is 3. The predicted molar refractivity (Wildman–Crippen MR) is 127 cm³/mol. The minimum Gasteiger partial charge on any atom is -0.459 e. The molecule has 1 aliphatic rings. The number of anilines is 1. The fourth-order valence-corrected chi connectivity index (χ4v) is 4.24. The van der Waals surface area contributed by atoms with Crippen molar-refractivity contribution in [2.45, 2.75) is 38.3 Å². The molecule has 0 radical (unpaired) electrons. The largest absolute Gasteiger partial charge is 0.459 e. The van der Waals surface area contributed by atoms with E-state index < -0.39 is 17.9 Å². The van der Waals surface area contributed by atoms with Gasteiger partial charge in [0.2, 0.25) is 11.8 Å². The van der Waals surface area contributed by atoms with E-state index in [0.29, 0.717) is 5.82 Å². The van der Waals surface area contributed by atoms with Gasteiger partial charge in [-0.1, -0.05) is 67.6 Å². The summed E-state index contributed by atoms with van der Waals surface area (Å²) in [6, 6.07) is 21.3. The molecule has 1 saturated heterocycles. The molecule has 1 aliphatic heterocycles. The van der Waals surface area contributed by atoms with E-state index >= 15 is 0 Å². The van der Waals surface area contributed by atoms with Gasteiger partial charge in [-0.3, -0.25) is 14.5 Å². The summed E-state index contributed by atoms with van der Waals surface area (Å²) in [4.78, 5) is 44.3. The number of ether oxygens (including phenoxy) is 1. The Morgan fingerprint density at radius 1 is 1.03 bits per heavy atom. The summed E-state index contributed by atoms with van der Waals surface area (Å²) in [5.41, 5.74) is 8.37. The number of aromatic nitrogens is 1. The maximum atomic E-state index is 13.1. The Kier molecular flexibility index (Phi) is 7.01. The second-order valence-electron chi connectivity index (χ2n) is 8.56. The lowest BCUT2D eigenvalue weighted by molar-refractivity contribution is -0.180. The molecule has 0 bridgehead atoms. The molecule has 2 N–H and O–H groups in total. The van der Waals surface area contributed by atoms with E-state index in [4.69, 9.17) is 10.5 Å². The monoisotopic (exact) mass is 457 g/mol. The molecule has 1 unspecified atom stereocenters. The van der Waals surface area contributed by atoms with Crippen LogP contribution in [-0.2, 0) is 32.1 Å². The third-order valence-electron chi connectivity index (χ3n) is 6.10. The number of imide groups is 1. The van der Waals surface area contributed by atoms with E-state index in [2.05, 4.69) is 4.98 Å². The molecule has 7 heteroatoms. The van der Waals surface area contributed by atoms with Gasteiger partial charge in [0.25, 0.3) is 0 Å². The van der Waals surface area contributed by atoms with Gasteiger partial charge in [-0.15, -0.1) is 0 Å². The highest BCUT2D eigenvalue weighted by Crippen LogP contribution is 2.33. The van der Waals surface area contributed by atoms with Crippen molar-refractivity contribution in [3.63, 3.8) is 0 Å². The highest BCUT2D eigenvalue weighted by molar-refractivity contribution is 6.08. The number of nitrogens with two attached hydrogens (primary N) is 1. The van der Waals surface area contributed by atoms with Crippen molar-refractivity contribution in [3.8, 4) is 0 Å². The minimum absolute atomic E-state index is 0.0712. The zero-order chi connectivity index (χ0) is 24.1. The lowest BCUT2D eigenvalue weighted by atomic mass is 9.81. The Balaban J connectivity index is 1.50. The first-order valence-electron chi connectivity index (χ1n) is 11.3. The van der Waals surface area contributed by atoms with Crippen LogP contribution < -0.4 is 5.73 Å². The van der Waals surface area contributed by atoms with Crippen molar-refractivity contribution in [1.82, 2.24) is 9.88 Å². The van der Waals surface area contributed by atoms with Crippen molar-refractivity contribution in [1.29, 1.82) is 0 Å². The molecule has 1 aromatic heterocycles. The summed E-state index contributed by atoms with van der Waals surface area (Å²) in [6.07, 6.45) is 1.95. The predicted octanol–water partition coefficient (Wildman–Crippen LogP) is 3.50. The quantitative estimate of drug-likeness (QED) is 0.410. The van der Waals surface area contributed by atoms with Crippen LogP contribution in [0.2, 0.25) is 0 Å². The summed E-state index contributed by atoms with van der Waals surface area (Å²) in [6.45, 7) is 2.00. The Bertz CT molecular complexity index is 1170. The van der Waals surface area contributed by atoms with E-state index in [9.17, 15) is 14.4 Å². The van der Waals surface area contributed by atoms with Crippen LogP contribution in [0.4, 0.5) is 5.82 Å². The number of β-lactam (4-membered cyclic amide) rings is 1. The number of hydrogen-bond acceptors (Lipinski definition) is 6. The number of rotatable bonds is 8. The molecule has 4 rings (SSSR count). The third-order valence-corrected chi connectivity index (χ3v) is 6.10. The summed E-state index contributed by atoms with van der Waals surface area (Å²) >= 11 is 0. The number of benzene rings is 2. The van der Waals surface area contributed by atoms with Gasteiger partial charge in [0.1, 0.15) is 18.5 Å². The van der Waals surface area contributed by atoms with E-state index in [-0.39, 0.29) is 37.2 Å². The van der Waals surface area contributed by atoms with Crippen LogP contribution in [0, 0.1) is 5.92 Å². The zero-order valence-corrected chi connectivity index (χ0v) is 19.0. The second kappa shape index (κ2) is 10.3. The molecule has 0 spiro atoms. The molecule has 2 aromatic carbocycles. The second-order valence-corrected chi connectivity index (χ2v) is 8.56. The molecule has 1 fully saturated rings. The minimum atomic E-state index is -0.971. The van der Waals surface area contributed by atoms with Crippen molar-refractivity contribution in [2.75, 3.05) is 5.73 Å². The molecule has 0 aliphatic carbocycles. The van der Waals surface area contributed by atoms with E-state index in [1.54, 1.807) is 18.3 Å². The van der Waals surface area contributed by atoms with Gasteiger partial charge in [0.15, 0.2) is 0 Å². The summed E-state index contributed by atoms with van der Waals surface area (Å²) in [5, 5.41) is 0. The van der Waals surface area contributed by atoms with Gasteiger partial charge in [0, 0.05) is 12.6 Å². The highest BCUT2D eigenvalue weighted by atomic mass is 16.5. The number of nitrogens with zero attached hydrogens (tertiary/aromatic N) is 2. The lowest BCUT2D eigenvalue weighted by Gasteiger charge is -2.44. The Morgan fingerprint density at radius 2 is 1.71 bits per heavy atom. The number of amides is 2. The first kappa shape index (κ1) is 23.2. The molecule has 174 valence electrons. The number of likely N-dealkylation sites (tertiary alicyclic amines) is 1. The first-order valence-corrected chi connectivity index (χ1v) is 11.3. The van der Waals surface area contributed by atoms with Crippen LogP contribution >= 0.6 is 0 Å². The van der Waals surface area contributed by atoms with Gasteiger partial charge in [-0.2, -0.15) is 0 Å². The third kappa shape index (κ3) is 5.14. The maximum Gasteiger partial charge on any atom is 0.330 e. The van der Waals surface area contributed by atoms with E-state index in [1.165, 1.54) is 0 Å². The fourth-order valence-electron chi connectivity index (χ4n) is 4.24. The average Bonchev–Trinajstić information content (AvgIpc) is 2.85. The number of pyridine rings is 1. The Morgan fingerprint density at radius 3 is 2.38 bits per heavy atom. The van der Waals surface area contributed by atoms with E-state index in [1.807, 2.05) is 67.6 Å². The van der Waals surface area contributed by atoms with Crippen molar-refractivity contribution < 1.29 is 19.1 Å². The van der Waals surface area contributed by atoms with Crippen molar-refractivity contribution in [3.05, 3.63) is 95.7 Å². The average molecular weight is 458 g/mol. The highest BCUT2D eigenvalue weighted by Gasteiger charge is 2.55. The van der Waals surface area contributed by atoms with Gasteiger partial charge in [-0.25, -0.2) is 9.78 Å². The van der Waals surface area contributed by atoms with Crippen LogP contribution in [0.25, 0.3) is 0 Å². The van der Waals surface area contributed by atoms with Crippen LogP contribution in [0.1, 0.15) is 36.0 Å². The normalized spacial score (nSPS) is 18.1. The van der Waals surface area contributed by atoms with Gasteiger partial charge >= 0.3 is 5.97 Å². The maximum absolute atomic E-state index is 13.1. The summed E-state index contributed by atoms with van der Waals surface area (Å²) < 4.78 is 5.52. The smallest absolute Gasteiger partial charge is 0.330 e. The van der Waals surface area contributed by atoms with Crippen LogP contribution in [0.5, 0.6) is 0 Å². The molecule has 34 heavy (non-hydrogen) atoms. The Labute approximate surface area is 198 Å². The molecule has 2 amide bonds. The standard InChI is InChI=1S/C27H27N3O4/c1-18(21-10-6-3-7-11-21)14-24(31)30-25(27(33)34-17-19-8-4-2-5-9-19)22(26(30)32)15-20-12-13-29-23(28)16-20/h2-13,16,18,22,25H,14-15,17H2,1H3,(H2,28,29)/t18-,22?,25-/m0/s1. The number of nitrogen functional groups attached to an aromatic ring is 1.